The van der Waals surface area contributed by atoms with Crippen molar-refractivity contribution >= 4 is 18.2 Å². The average molecular weight is 369 g/mol. The smallest absolute Gasteiger partial charge is 0.214 e. The van der Waals surface area contributed by atoms with Gasteiger partial charge in [-0.15, -0.1) is 0 Å². The highest BCUT2D eigenvalue weighted by Crippen LogP contribution is 2.38. The Balaban J connectivity index is 2.13. The molecule has 2 aromatic rings. The van der Waals surface area contributed by atoms with E-state index in [2.05, 4.69) is 0 Å². The van der Waals surface area contributed by atoms with Gasteiger partial charge in [0.05, 0.1) is 34.1 Å². The van der Waals surface area contributed by atoms with Crippen LogP contribution < -0.4 is 18.9 Å². The van der Waals surface area contributed by atoms with E-state index in [0.29, 0.717) is 29.5 Å². The molecule has 0 N–H and O–H groups in total. The van der Waals surface area contributed by atoms with Gasteiger partial charge in [0.25, 0.3) is 0 Å². The Hall–Kier alpha value is -3.15. The Morgan fingerprint density at radius 3 is 2.11 bits per heavy atom. The normalized spacial score (nSPS) is 14.5. The first kappa shape index (κ1) is 18.6. The molecule has 6 heteroatoms. The molecule has 0 saturated carbocycles. The van der Waals surface area contributed by atoms with Gasteiger partial charge in [0.2, 0.25) is 6.41 Å². The summed E-state index contributed by atoms with van der Waals surface area (Å²) in [6, 6.07) is 9.53. The molecule has 1 amide bonds. The van der Waals surface area contributed by atoms with E-state index < -0.39 is 0 Å². The number of carbonyl (C=O) groups excluding carboxylic acids is 1. The van der Waals surface area contributed by atoms with Gasteiger partial charge in [-0.25, -0.2) is 0 Å². The third-order valence-corrected chi connectivity index (χ3v) is 4.66. The Kier molecular flexibility index (Phi) is 5.54. The van der Waals surface area contributed by atoms with Crippen LogP contribution in [0.15, 0.2) is 30.3 Å². The zero-order valence-electron chi connectivity index (χ0n) is 15.9. The summed E-state index contributed by atoms with van der Waals surface area (Å²) in [5.41, 5.74) is 3.76. The van der Waals surface area contributed by atoms with E-state index in [-0.39, 0.29) is 0 Å². The minimum Gasteiger partial charge on any atom is -0.493 e. The number of methoxy groups -OCH3 is 4. The second kappa shape index (κ2) is 8.03. The number of hydrogen-bond donors (Lipinski definition) is 0. The fourth-order valence-electron chi connectivity index (χ4n) is 3.25. The Labute approximate surface area is 158 Å². The van der Waals surface area contributed by atoms with Crippen molar-refractivity contribution in [3.63, 3.8) is 0 Å². The molecule has 0 aromatic heterocycles. The maximum Gasteiger partial charge on any atom is 0.214 e. The quantitative estimate of drug-likeness (QED) is 0.732. The van der Waals surface area contributed by atoms with E-state index >= 15 is 0 Å². The molecule has 142 valence electrons. The highest BCUT2D eigenvalue weighted by molar-refractivity contribution is 5.88. The Bertz CT molecular complexity index is 875. The molecule has 0 fully saturated rings. The Morgan fingerprint density at radius 2 is 1.48 bits per heavy atom. The molecule has 0 bridgehead atoms. The lowest BCUT2D eigenvalue weighted by molar-refractivity contribution is -0.115. The van der Waals surface area contributed by atoms with Crippen LogP contribution in [0.2, 0.25) is 0 Å². The third-order valence-electron chi connectivity index (χ3n) is 4.66. The molecule has 0 atom stereocenters. The van der Waals surface area contributed by atoms with Gasteiger partial charge in [-0.3, -0.25) is 4.79 Å². The van der Waals surface area contributed by atoms with Crippen molar-refractivity contribution in [3.8, 4) is 23.0 Å². The zero-order chi connectivity index (χ0) is 19.4. The molecule has 0 radical (unpaired) electrons. The van der Waals surface area contributed by atoms with E-state index in [1.165, 1.54) is 0 Å². The molecule has 0 unspecified atom stereocenters. The van der Waals surface area contributed by atoms with Crippen LogP contribution in [0.1, 0.15) is 16.7 Å². The molecule has 1 heterocycles. The first-order valence-electron chi connectivity index (χ1n) is 8.56. The van der Waals surface area contributed by atoms with Crippen molar-refractivity contribution < 1.29 is 23.7 Å². The van der Waals surface area contributed by atoms with Gasteiger partial charge in [0.15, 0.2) is 23.0 Å². The van der Waals surface area contributed by atoms with Gasteiger partial charge >= 0.3 is 0 Å². The van der Waals surface area contributed by atoms with E-state index in [0.717, 1.165) is 35.2 Å². The molecule has 1 aliphatic rings. The van der Waals surface area contributed by atoms with Crippen molar-refractivity contribution in [2.45, 2.75) is 6.42 Å². The SMILES string of the molecule is COc1ccc(/C=C2/c3cc(OC)c(OC)cc3CCN2C=O)cc1OC. The minimum atomic E-state index is 0.602. The predicted molar refractivity (Wildman–Crippen MR) is 103 cm³/mol. The molecule has 0 aliphatic carbocycles. The van der Waals surface area contributed by atoms with Gasteiger partial charge in [-0.05, 0) is 47.9 Å². The monoisotopic (exact) mass is 369 g/mol. The van der Waals surface area contributed by atoms with Crippen molar-refractivity contribution in [1.29, 1.82) is 0 Å². The van der Waals surface area contributed by atoms with Crippen molar-refractivity contribution in [2.75, 3.05) is 35.0 Å². The molecule has 27 heavy (non-hydrogen) atoms. The van der Waals surface area contributed by atoms with E-state index in [1.807, 2.05) is 36.4 Å². The lowest BCUT2D eigenvalue weighted by Crippen LogP contribution is -2.28. The second-order valence-electron chi connectivity index (χ2n) is 6.06. The minimum absolute atomic E-state index is 0.602. The van der Waals surface area contributed by atoms with Crippen LogP contribution in [0.3, 0.4) is 0 Å². The summed E-state index contributed by atoms with van der Waals surface area (Å²) < 4.78 is 21.5. The summed E-state index contributed by atoms with van der Waals surface area (Å²) in [4.78, 5) is 13.4. The number of rotatable bonds is 6. The molecule has 1 aliphatic heterocycles. The van der Waals surface area contributed by atoms with Gasteiger partial charge < -0.3 is 23.8 Å². The molecule has 0 spiro atoms. The topological polar surface area (TPSA) is 57.2 Å². The molecule has 6 nitrogen and oxygen atoms in total. The van der Waals surface area contributed by atoms with Crippen LogP contribution in [0.5, 0.6) is 23.0 Å². The average Bonchev–Trinajstić information content (AvgIpc) is 2.72. The van der Waals surface area contributed by atoms with Crippen LogP contribution in [-0.4, -0.2) is 46.3 Å². The lowest BCUT2D eigenvalue weighted by atomic mass is 9.94. The van der Waals surface area contributed by atoms with Crippen LogP contribution >= 0.6 is 0 Å². The summed E-state index contributed by atoms with van der Waals surface area (Å²) in [6.07, 6.45) is 3.56. The van der Waals surface area contributed by atoms with E-state index in [4.69, 9.17) is 18.9 Å². The maximum absolute atomic E-state index is 11.7. The van der Waals surface area contributed by atoms with Crippen molar-refractivity contribution in [2.24, 2.45) is 0 Å². The number of ether oxygens (including phenoxy) is 4. The summed E-state index contributed by atoms with van der Waals surface area (Å²) in [5.74, 6) is 2.60. The van der Waals surface area contributed by atoms with Crippen LogP contribution in [0, 0.1) is 0 Å². The molecular formula is C21H23NO5. The third kappa shape index (κ3) is 3.56. The summed E-state index contributed by atoms with van der Waals surface area (Å²) in [7, 11) is 6.41. The van der Waals surface area contributed by atoms with Crippen molar-refractivity contribution in [1.82, 2.24) is 4.90 Å². The van der Waals surface area contributed by atoms with Crippen molar-refractivity contribution in [3.05, 3.63) is 47.0 Å². The predicted octanol–water partition coefficient (Wildman–Crippen LogP) is 3.23. The van der Waals surface area contributed by atoms with Crippen LogP contribution in [0.4, 0.5) is 0 Å². The largest absolute Gasteiger partial charge is 0.493 e. The standard InChI is InChI=1S/C21H23NO5/c1-24-18-6-5-14(10-19(18)25-2)9-17-16-12-21(27-4)20(26-3)11-15(16)7-8-22(17)13-23/h5-6,9-13H,7-8H2,1-4H3/b17-9-. The number of carbonyl (C=O) groups is 1. The molecular weight excluding hydrogens is 346 g/mol. The molecule has 0 saturated heterocycles. The van der Waals surface area contributed by atoms with E-state index in [1.54, 1.807) is 33.3 Å². The van der Waals surface area contributed by atoms with Crippen LogP contribution in [-0.2, 0) is 11.2 Å². The number of hydrogen-bond acceptors (Lipinski definition) is 5. The highest BCUT2D eigenvalue weighted by Gasteiger charge is 2.23. The number of benzene rings is 2. The van der Waals surface area contributed by atoms with E-state index in [9.17, 15) is 4.79 Å². The first-order valence-corrected chi connectivity index (χ1v) is 8.56. The number of amides is 1. The Morgan fingerprint density at radius 1 is 0.852 bits per heavy atom. The zero-order valence-corrected chi connectivity index (χ0v) is 15.9. The molecule has 2 aromatic carbocycles. The van der Waals surface area contributed by atoms with Gasteiger partial charge in [0.1, 0.15) is 0 Å². The molecule has 3 rings (SSSR count). The fourth-order valence-corrected chi connectivity index (χ4v) is 3.25. The number of nitrogens with zero attached hydrogens (tertiary/aromatic N) is 1. The number of fused-ring (bicyclic) bond motifs is 1. The fraction of sp³-hybridized carbons (Fsp3) is 0.286. The highest BCUT2D eigenvalue weighted by atomic mass is 16.5. The maximum atomic E-state index is 11.7. The van der Waals surface area contributed by atoms with Gasteiger partial charge in [0, 0.05) is 12.1 Å². The summed E-state index contributed by atoms with van der Waals surface area (Å²) >= 11 is 0. The van der Waals surface area contributed by atoms with Gasteiger partial charge in [-0.1, -0.05) is 6.07 Å². The summed E-state index contributed by atoms with van der Waals surface area (Å²) in [5, 5.41) is 0. The van der Waals surface area contributed by atoms with Crippen LogP contribution in [0.25, 0.3) is 11.8 Å². The lowest BCUT2D eigenvalue weighted by Gasteiger charge is -2.29. The summed E-state index contributed by atoms with van der Waals surface area (Å²) in [6.45, 7) is 0.602. The van der Waals surface area contributed by atoms with Gasteiger partial charge in [-0.2, -0.15) is 0 Å². The first-order chi connectivity index (χ1) is 13.1. The second-order valence-corrected chi connectivity index (χ2v) is 6.06.